The number of alkyl carbamates (subject to hydrolysis) is 2. The van der Waals surface area contributed by atoms with Crippen molar-refractivity contribution in [2.24, 2.45) is 16.5 Å². The zero-order chi connectivity index (χ0) is 65.8. The molecule has 0 aliphatic rings. The Morgan fingerprint density at radius 3 is 1.58 bits per heavy atom. The Morgan fingerprint density at radius 1 is 0.568 bits per heavy atom. The second-order valence-electron chi connectivity index (χ2n) is 27.1. The zero-order valence-electron chi connectivity index (χ0n) is 54.9. The smallest absolute Gasteiger partial charge is 0.417 e. The van der Waals surface area contributed by atoms with Gasteiger partial charge in [-0.25, -0.2) is 19.3 Å². The molecular weight excluding hydrogens is 1120 g/mol. The van der Waals surface area contributed by atoms with E-state index in [1.807, 2.05) is 102 Å². The molecule has 0 unspecified atom stereocenters. The summed E-state index contributed by atoms with van der Waals surface area (Å²) in [4.78, 5) is 110. The largest absolute Gasteiger partial charge is 0.488 e. The second-order valence-corrected chi connectivity index (χ2v) is 27.1. The number of para-hydroxylation sites is 1. The molecule has 22 nitrogen and oxygen atoms in total. The van der Waals surface area contributed by atoms with Crippen LogP contribution in [-0.2, 0) is 52.7 Å². The van der Waals surface area contributed by atoms with Crippen LogP contribution in [0, 0.1) is 0 Å². The van der Waals surface area contributed by atoms with Crippen LogP contribution in [0.5, 0.6) is 11.5 Å². The lowest BCUT2D eigenvalue weighted by molar-refractivity contribution is -0.143. The summed E-state index contributed by atoms with van der Waals surface area (Å²) in [5, 5.41) is 11.7. The fourth-order valence-corrected chi connectivity index (χ4v) is 9.27. The molecule has 0 bridgehead atoms. The summed E-state index contributed by atoms with van der Waals surface area (Å²) in [7, 11) is 1.82. The van der Waals surface area contributed by atoms with Gasteiger partial charge in [0.05, 0.1) is 6.04 Å². The van der Waals surface area contributed by atoms with Crippen LogP contribution in [0.15, 0.2) is 84.0 Å². The highest BCUT2D eigenvalue weighted by Gasteiger charge is 2.43. The van der Waals surface area contributed by atoms with Crippen molar-refractivity contribution in [2.45, 2.75) is 220 Å². The molecule has 4 rings (SSSR count). The summed E-state index contributed by atoms with van der Waals surface area (Å²) >= 11 is 0. The number of aromatic amines is 1. The van der Waals surface area contributed by atoms with E-state index in [4.69, 9.17) is 35.2 Å². The van der Waals surface area contributed by atoms with Crippen molar-refractivity contribution >= 4 is 58.8 Å². The number of benzene rings is 3. The number of nitrogens with one attached hydrogen (secondary N) is 5. The Labute approximate surface area is 520 Å². The van der Waals surface area contributed by atoms with Gasteiger partial charge in [0.25, 0.3) is 5.91 Å². The number of H-pyrrole nitrogens is 1. The minimum absolute atomic E-state index is 0.00454. The van der Waals surface area contributed by atoms with E-state index in [0.29, 0.717) is 61.3 Å². The predicted octanol–water partition coefficient (Wildman–Crippen LogP) is 9.53. The predicted molar refractivity (Wildman–Crippen MR) is 342 cm³/mol. The molecule has 0 saturated heterocycles. The Hall–Kier alpha value is -7.72. The highest BCUT2D eigenvalue weighted by Crippen LogP contribution is 2.25. The molecule has 22 heteroatoms. The normalized spacial score (nSPS) is 13.5. The molecule has 0 fully saturated rings. The quantitative estimate of drug-likeness (QED) is 0.0127. The fraction of sp³-hybridized carbons (Fsp3) is 0.576. The first kappa shape index (κ1) is 72.8. The van der Waals surface area contributed by atoms with Gasteiger partial charge in [-0.05, 0) is 210 Å². The van der Waals surface area contributed by atoms with Crippen molar-refractivity contribution in [3.05, 3.63) is 95.7 Å². The SMILES string of the molecule is CN(CCCCCCN=C(NC(=O)OC(C)(C)C)NC(=O)OC(C)(C)C)[C@@H](Cc1ccc(OC(C)(C)C)cc1)C(=O)N[C@@H](Cc1ccc(OC(C)(C)C)cc1)C(=O)N(C(=O)OC(C)(C)C)[C@@H](CCCCN)C(=O)N[C@@H](Cc1c[nH]c2ccccc12)C(N)=O. The minimum Gasteiger partial charge on any atom is -0.488 e. The van der Waals surface area contributed by atoms with Crippen molar-refractivity contribution in [2.75, 3.05) is 26.7 Å². The molecule has 0 spiro atoms. The number of hydrogen-bond donors (Lipinski definition) is 7. The van der Waals surface area contributed by atoms with Crippen molar-refractivity contribution in [3.63, 3.8) is 0 Å². The number of fused-ring (bicyclic) bond motifs is 1. The van der Waals surface area contributed by atoms with E-state index in [2.05, 4.69) is 31.2 Å². The number of nitrogens with zero attached hydrogens (tertiary/aromatic N) is 3. The van der Waals surface area contributed by atoms with Crippen molar-refractivity contribution < 1.29 is 57.2 Å². The maximum atomic E-state index is 15.8. The number of imide groups is 1. The number of ether oxygens (including phenoxy) is 5. The number of aromatic nitrogens is 1. The van der Waals surface area contributed by atoms with Gasteiger partial charge in [-0.3, -0.25) is 39.7 Å². The van der Waals surface area contributed by atoms with Crippen LogP contribution in [0.1, 0.15) is 165 Å². The van der Waals surface area contributed by atoms with Gasteiger partial charge in [0.2, 0.25) is 23.7 Å². The Kier molecular flexibility index (Phi) is 26.9. The van der Waals surface area contributed by atoms with E-state index in [1.165, 1.54) is 0 Å². The number of amides is 7. The number of carbonyl (C=O) groups excluding carboxylic acids is 7. The molecule has 0 saturated carbocycles. The van der Waals surface area contributed by atoms with Gasteiger partial charge in [0.1, 0.15) is 57.6 Å². The number of rotatable bonds is 27. The first-order chi connectivity index (χ1) is 40.9. The van der Waals surface area contributed by atoms with Crippen molar-refractivity contribution in [1.82, 2.24) is 36.1 Å². The van der Waals surface area contributed by atoms with E-state index < -0.39 is 94.1 Å². The lowest BCUT2D eigenvalue weighted by Crippen LogP contribution is -2.62. The molecule has 7 amide bonds. The summed E-state index contributed by atoms with van der Waals surface area (Å²) in [6.07, 6.45) is 2.27. The number of unbranched alkanes of at least 4 members (excludes halogenated alkanes) is 4. The molecule has 9 N–H and O–H groups in total. The maximum Gasteiger partial charge on any atom is 0.417 e. The summed E-state index contributed by atoms with van der Waals surface area (Å²) in [5.74, 6) is -2.07. The third kappa shape index (κ3) is 26.7. The third-order valence-corrected chi connectivity index (χ3v) is 13.1. The van der Waals surface area contributed by atoms with Crippen LogP contribution < -0.4 is 42.2 Å². The second kappa shape index (κ2) is 32.5. The number of likely N-dealkylation sites (N-methyl/N-ethyl adjacent to an activating group) is 1. The molecular formula is C66H100N10O12. The van der Waals surface area contributed by atoms with Crippen LogP contribution in [0.4, 0.5) is 14.4 Å². The molecule has 4 atom stereocenters. The van der Waals surface area contributed by atoms with Gasteiger partial charge >= 0.3 is 18.3 Å². The number of hydrogen-bond acceptors (Lipinski definition) is 15. The summed E-state index contributed by atoms with van der Waals surface area (Å²) in [5.41, 5.74) is 11.1. The number of carbonyl (C=O) groups is 7. The molecule has 0 aliphatic carbocycles. The molecule has 0 aliphatic heterocycles. The average molecular weight is 1230 g/mol. The van der Waals surface area contributed by atoms with Crippen molar-refractivity contribution in [3.8, 4) is 11.5 Å². The lowest BCUT2D eigenvalue weighted by atomic mass is 9.99. The summed E-state index contributed by atoms with van der Waals surface area (Å²) in [6, 6.07) is 16.8. The molecule has 0 radical (unpaired) electrons. The topological polar surface area (TPSA) is 300 Å². The highest BCUT2D eigenvalue weighted by atomic mass is 16.6. The third-order valence-electron chi connectivity index (χ3n) is 13.1. The van der Waals surface area contributed by atoms with E-state index in [9.17, 15) is 24.0 Å². The van der Waals surface area contributed by atoms with E-state index in [-0.39, 0.29) is 51.2 Å². The Bertz CT molecular complexity index is 2930. The van der Waals surface area contributed by atoms with Gasteiger partial charge in [-0.1, -0.05) is 55.3 Å². The Balaban J connectivity index is 1.74. The molecule has 486 valence electrons. The van der Waals surface area contributed by atoms with Gasteiger partial charge in [-0.15, -0.1) is 0 Å². The number of aliphatic imine (C=N–C) groups is 1. The van der Waals surface area contributed by atoms with Gasteiger partial charge in [0, 0.05) is 36.5 Å². The molecule has 1 aromatic heterocycles. The van der Waals surface area contributed by atoms with Crippen LogP contribution in [0.25, 0.3) is 10.9 Å². The lowest BCUT2D eigenvalue weighted by Gasteiger charge is -2.35. The minimum atomic E-state index is -1.56. The van der Waals surface area contributed by atoms with Gasteiger partial charge in [-0.2, -0.15) is 0 Å². The van der Waals surface area contributed by atoms with E-state index >= 15 is 9.59 Å². The van der Waals surface area contributed by atoms with Crippen molar-refractivity contribution in [1.29, 1.82) is 0 Å². The number of nitrogens with two attached hydrogens (primary N) is 2. The number of primary amides is 1. The Morgan fingerprint density at radius 2 is 1.07 bits per heavy atom. The molecule has 3 aromatic carbocycles. The van der Waals surface area contributed by atoms with Gasteiger partial charge < -0.3 is 50.8 Å². The number of guanidine groups is 1. The monoisotopic (exact) mass is 1220 g/mol. The van der Waals surface area contributed by atoms with Crippen LogP contribution >= 0.6 is 0 Å². The highest BCUT2D eigenvalue weighted by molar-refractivity contribution is 6.03. The zero-order valence-corrected chi connectivity index (χ0v) is 54.9. The van der Waals surface area contributed by atoms with Crippen LogP contribution in [0.3, 0.4) is 0 Å². The molecule has 1 heterocycles. The molecule has 88 heavy (non-hydrogen) atoms. The maximum absolute atomic E-state index is 15.8. The average Bonchev–Trinajstić information content (AvgIpc) is 1.27. The van der Waals surface area contributed by atoms with Crippen LogP contribution in [0.2, 0.25) is 0 Å². The first-order valence-corrected chi connectivity index (χ1v) is 30.4. The van der Waals surface area contributed by atoms with Gasteiger partial charge in [0.15, 0.2) is 0 Å². The summed E-state index contributed by atoms with van der Waals surface area (Å²) in [6.45, 7) is 27.7. The standard InChI is InChI=1S/C66H100N10O12/c1-62(2,3)84-46-32-28-43(29-33-46)39-51(57(80)76(61(83)88-66(13,14)15)52(27-21-22-36-67)55(78)71-50(54(68)77)41-45-42-70-49-26-20-19-25-48(45)49)72-56(79)53(40-44-30-34-47(35-31-44)85-63(4,5)6)75(16)38-24-18-17-23-37-69-58(73-59(81)86-64(7,8)9)74-60(82)87-65(10,11)12/h19-20,25-26,28-35,42,50-53,70H,17-18,21-24,27,36-41,67H2,1-16H3,(H2,68,77)(H,71,78)(H,72,79)(H2,69,73,74,81,82)/t50-,51-,52-,53-/m0/s1. The first-order valence-electron chi connectivity index (χ1n) is 30.4. The summed E-state index contributed by atoms with van der Waals surface area (Å²) < 4.78 is 28.9. The van der Waals surface area contributed by atoms with E-state index in [0.717, 1.165) is 21.4 Å². The van der Waals surface area contributed by atoms with E-state index in [1.54, 1.807) is 92.8 Å². The molecule has 4 aromatic rings. The van der Waals surface area contributed by atoms with Crippen LogP contribution in [-0.4, -0.2) is 142 Å². The fourth-order valence-electron chi connectivity index (χ4n) is 9.27.